The molecule has 0 saturated carbocycles. The van der Waals surface area contributed by atoms with Gasteiger partial charge in [-0.05, 0) is 30.9 Å². The first-order valence-electron chi connectivity index (χ1n) is 9.05. The average Bonchev–Trinajstić information content (AvgIpc) is 3.17. The minimum absolute atomic E-state index is 0.0668. The van der Waals surface area contributed by atoms with Gasteiger partial charge in [-0.2, -0.15) is 0 Å². The maximum Gasteiger partial charge on any atom is 0.272 e. The summed E-state index contributed by atoms with van der Waals surface area (Å²) in [6.45, 7) is 4.32. The number of nitrogens with one attached hydrogen (secondary N) is 1. The minimum atomic E-state index is -0.101. The van der Waals surface area contributed by atoms with E-state index >= 15 is 0 Å². The largest absolute Gasteiger partial charge is 0.496 e. The maximum atomic E-state index is 13.1. The van der Waals surface area contributed by atoms with Crippen LogP contribution in [0.5, 0.6) is 5.75 Å². The maximum absolute atomic E-state index is 13.1. The van der Waals surface area contributed by atoms with Crippen molar-refractivity contribution in [2.75, 3.05) is 12.9 Å². The quantitative estimate of drug-likeness (QED) is 0.448. The van der Waals surface area contributed by atoms with E-state index < -0.39 is 0 Å². The first kappa shape index (κ1) is 20.4. The molecule has 1 N–H and O–H groups in total. The van der Waals surface area contributed by atoms with Crippen molar-refractivity contribution in [2.45, 2.75) is 38.0 Å². The molecule has 1 atom stereocenters. The molecule has 28 heavy (non-hydrogen) atoms. The van der Waals surface area contributed by atoms with Crippen LogP contribution in [0.15, 0.2) is 45.7 Å². The number of thioether (sulfide) groups is 1. The highest BCUT2D eigenvalue weighted by Crippen LogP contribution is 2.24. The Kier molecular flexibility index (Phi) is 6.74. The van der Waals surface area contributed by atoms with E-state index in [4.69, 9.17) is 4.74 Å². The number of thiophene rings is 1. The third kappa shape index (κ3) is 4.56. The third-order valence-electron chi connectivity index (χ3n) is 4.40. The zero-order valence-electron chi connectivity index (χ0n) is 16.1. The number of para-hydroxylation sites is 1. The Morgan fingerprint density at radius 1 is 1.36 bits per heavy atom. The Labute approximate surface area is 171 Å². The van der Waals surface area contributed by atoms with E-state index in [1.165, 1.54) is 23.1 Å². The second-order valence-electron chi connectivity index (χ2n) is 6.40. The van der Waals surface area contributed by atoms with Crippen molar-refractivity contribution < 1.29 is 9.53 Å². The molecular weight excluding hydrogens is 394 g/mol. The van der Waals surface area contributed by atoms with Crippen molar-refractivity contribution in [1.29, 1.82) is 0 Å². The van der Waals surface area contributed by atoms with Crippen LogP contribution in [0.4, 0.5) is 0 Å². The van der Waals surface area contributed by atoms with Gasteiger partial charge in [0.25, 0.3) is 5.56 Å². The number of nitrogens with zero attached hydrogens (tertiary/aromatic N) is 2. The number of rotatable bonds is 8. The van der Waals surface area contributed by atoms with Crippen molar-refractivity contribution in [3.63, 3.8) is 0 Å². The van der Waals surface area contributed by atoms with Crippen LogP contribution in [-0.4, -0.2) is 34.4 Å². The number of fused-ring (bicyclic) bond motifs is 1. The van der Waals surface area contributed by atoms with Crippen molar-refractivity contribution in [3.05, 3.63) is 51.6 Å². The average molecular weight is 418 g/mol. The fraction of sp³-hybridized carbons (Fsp3) is 0.350. The number of hydrogen-bond acceptors (Lipinski definition) is 6. The Hall–Kier alpha value is -2.32. The van der Waals surface area contributed by atoms with Gasteiger partial charge in [-0.25, -0.2) is 4.98 Å². The third-order valence-corrected chi connectivity index (χ3v) is 6.27. The molecule has 1 unspecified atom stereocenters. The van der Waals surface area contributed by atoms with Crippen LogP contribution in [0.1, 0.15) is 25.8 Å². The molecule has 0 aliphatic carbocycles. The molecule has 0 aliphatic heterocycles. The summed E-state index contributed by atoms with van der Waals surface area (Å²) in [5.74, 6) is 0.854. The first-order valence-corrected chi connectivity index (χ1v) is 10.9. The standard InChI is InChI=1S/C20H23N3O3S2/c1-4-13(2)21-17(24)12-28-20-22-15-9-10-27-18(15)19(25)23(20)11-14-7-5-6-8-16(14)26-3/h5-10,13H,4,11-12H2,1-3H3,(H,21,24). The molecule has 3 rings (SSSR count). The van der Waals surface area contributed by atoms with Crippen LogP contribution in [0.3, 0.4) is 0 Å². The molecule has 3 aromatic rings. The summed E-state index contributed by atoms with van der Waals surface area (Å²) in [7, 11) is 1.61. The lowest BCUT2D eigenvalue weighted by Crippen LogP contribution is -2.33. The summed E-state index contributed by atoms with van der Waals surface area (Å²) in [6, 6.07) is 9.54. The molecule has 0 bridgehead atoms. The van der Waals surface area contributed by atoms with Crippen LogP contribution in [0.2, 0.25) is 0 Å². The Morgan fingerprint density at radius 3 is 2.89 bits per heavy atom. The molecule has 0 radical (unpaired) electrons. The highest BCUT2D eigenvalue weighted by atomic mass is 32.2. The van der Waals surface area contributed by atoms with E-state index in [0.29, 0.717) is 27.7 Å². The Bertz CT molecular complexity index is 1030. The summed E-state index contributed by atoms with van der Waals surface area (Å²) in [5.41, 5.74) is 1.45. The predicted octanol–water partition coefficient (Wildman–Crippen LogP) is 3.52. The van der Waals surface area contributed by atoms with Crippen LogP contribution in [0.25, 0.3) is 10.2 Å². The van der Waals surface area contributed by atoms with Crippen molar-refractivity contribution in [3.8, 4) is 5.75 Å². The Balaban J connectivity index is 1.93. The molecule has 0 fully saturated rings. The van der Waals surface area contributed by atoms with E-state index in [1.54, 1.807) is 11.7 Å². The number of ether oxygens (including phenoxy) is 1. The Morgan fingerprint density at radius 2 is 2.14 bits per heavy atom. The summed E-state index contributed by atoms with van der Waals surface area (Å²) < 4.78 is 7.66. The van der Waals surface area contributed by atoms with Gasteiger partial charge >= 0.3 is 0 Å². The molecule has 8 heteroatoms. The molecular formula is C20H23N3O3S2. The predicted molar refractivity (Wildman–Crippen MR) is 115 cm³/mol. The molecule has 6 nitrogen and oxygen atoms in total. The van der Waals surface area contributed by atoms with Gasteiger partial charge < -0.3 is 10.1 Å². The normalized spacial score (nSPS) is 12.1. The van der Waals surface area contributed by atoms with E-state index in [1.807, 2.05) is 49.6 Å². The van der Waals surface area contributed by atoms with Crippen molar-refractivity contribution >= 4 is 39.2 Å². The molecule has 2 heterocycles. The fourth-order valence-corrected chi connectivity index (χ4v) is 4.31. The highest BCUT2D eigenvalue weighted by Gasteiger charge is 2.16. The van der Waals surface area contributed by atoms with E-state index in [0.717, 1.165) is 12.0 Å². The number of amides is 1. The van der Waals surface area contributed by atoms with Crippen LogP contribution in [-0.2, 0) is 11.3 Å². The number of carbonyl (C=O) groups is 1. The van der Waals surface area contributed by atoms with Gasteiger partial charge in [0.1, 0.15) is 10.4 Å². The summed E-state index contributed by atoms with van der Waals surface area (Å²) in [6.07, 6.45) is 0.869. The summed E-state index contributed by atoms with van der Waals surface area (Å²) in [4.78, 5) is 29.9. The van der Waals surface area contributed by atoms with Gasteiger partial charge in [0.05, 0.1) is 24.9 Å². The molecule has 0 aliphatic rings. The number of carbonyl (C=O) groups excluding carboxylic acids is 1. The van der Waals surface area contributed by atoms with Gasteiger partial charge in [0, 0.05) is 11.6 Å². The van der Waals surface area contributed by atoms with Gasteiger partial charge in [-0.15, -0.1) is 11.3 Å². The lowest BCUT2D eigenvalue weighted by atomic mass is 10.2. The van der Waals surface area contributed by atoms with Crippen molar-refractivity contribution in [1.82, 2.24) is 14.9 Å². The monoisotopic (exact) mass is 417 g/mol. The van der Waals surface area contributed by atoms with Crippen molar-refractivity contribution in [2.24, 2.45) is 0 Å². The molecule has 1 amide bonds. The van der Waals surface area contributed by atoms with Gasteiger partial charge in [-0.3, -0.25) is 14.2 Å². The first-order chi connectivity index (χ1) is 13.5. The number of methoxy groups -OCH3 is 1. The molecule has 2 aromatic heterocycles. The fourth-order valence-electron chi connectivity index (χ4n) is 2.73. The van der Waals surface area contributed by atoms with Gasteiger partial charge in [0.15, 0.2) is 5.16 Å². The second-order valence-corrected chi connectivity index (χ2v) is 8.26. The zero-order chi connectivity index (χ0) is 20.1. The van der Waals surface area contributed by atoms with E-state index in [-0.39, 0.29) is 23.3 Å². The number of hydrogen-bond donors (Lipinski definition) is 1. The topological polar surface area (TPSA) is 73.2 Å². The van der Waals surface area contributed by atoms with E-state index in [9.17, 15) is 9.59 Å². The summed E-state index contributed by atoms with van der Waals surface area (Å²) >= 11 is 2.65. The lowest BCUT2D eigenvalue weighted by Gasteiger charge is -2.15. The van der Waals surface area contributed by atoms with Gasteiger partial charge in [0.2, 0.25) is 5.91 Å². The lowest BCUT2D eigenvalue weighted by molar-refractivity contribution is -0.119. The van der Waals surface area contributed by atoms with Crippen LogP contribution in [0, 0.1) is 0 Å². The molecule has 148 valence electrons. The van der Waals surface area contributed by atoms with Crippen LogP contribution < -0.4 is 15.6 Å². The smallest absolute Gasteiger partial charge is 0.272 e. The summed E-state index contributed by atoms with van der Waals surface area (Å²) in [5, 5.41) is 5.33. The minimum Gasteiger partial charge on any atom is -0.496 e. The second kappa shape index (κ2) is 9.25. The highest BCUT2D eigenvalue weighted by molar-refractivity contribution is 7.99. The molecule has 1 aromatic carbocycles. The van der Waals surface area contributed by atoms with Crippen LogP contribution >= 0.6 is 23.1 Å². The number of aromatic nitrogens is 2. The number of benzene rings is 1. The van der Waals surface area contributed by atoms with E-state index in [2.05, 4.69) is 10.3 Å². The molecule has 0 spiro atoms. The molecule has 0 saturated heterocycles. The van der Waals surface area contributed by atoms with Gasteiger partial charge in [-0.1, -0.05) is 36.9 Å². The zero-order valence-corrected chi connectivity index (χ0v) is 17.7. The SMILES string of the molecule is CCC(C)NC(=O)CSc1nc2ccsc2c(=O)n1Cc1ccccc1OC.